The van der Waals surface area contributed by atoms with Crippen LogP contribution < -0.4 is 5.32 Å². The van der Waals surface area contributed by atoms with Gasteiger partial charge in [-0.2, -0.15) is 0 Å². The molecule has 0 heterocycles. The number of hydrogen-bond acceptors (Lipinski definition) is 1. The summed E-state index contributed by atoms with van der Waals surface area (Å²) in [5.41, 5.74) is 0. The highest BCUT2D eigenvalue weighted by molar-refractivity contribution is 7.80. The van der Waals surface area contributed by atoms with Crippen LogP contribution in [-0.2, 0) is 0 Å². The Morgan fingerprint density at radius 2 is 2.00 bits per heavy atom. The van der Waals surface area contributed by atoms with Crippen LogP contribution in [0.25, 0.3) is 0 Å². The van der Waals surface area contributed by atoms with Crippen molar-refractivity contribution in [2.45, 2.75) is 58.5 Å². The van der Waals surface area contributed by atoms with Crippen molar-refractivity contribution in [2.24, 2.45) is 0 Å². The summed E-state index contributed by atoms with van der Waals surface area (Å²) in [6.07, 6.45) is 5.36. The number of hydrogen-bond donors (Lipinski definition) is 1. The number of thiocarbonyl (C=S) groups is 1. The van der Waals surface area contributed by atoms with Gasteiger partial charge in [-0.15, -0.1) is 0 Å². The molecule has 0 bridgehead atoms. The zero-order chi connectivity index (χ0) is 10.6. The third-order valence-corrected chi connectivity index (χ3v) is 3.13. The van der Waals surface area contributed by atoms with Gasteiger partial charge >= 0.3 is 0 Å². The molecule has 3 heteroatoms. The molecule has 0 aromatic rings. The van der Waals surface area contributed by atoms with E-state index in [0.29, 0.717) is 12.1 Å². The largest absolute Gasteiger partial charge is 0.360 e. The van der Waals surface area contributed by atoms with Crippen molar-refractivity contribution in [1.82, 2.24) is 10.2 Å². The van der Waals surface area contributed by atoms with Crippen molar-refractivity contribution in [3.8, 4) is 0 Å². The minimum Gasteiger partial charge on any atom is -0.360 e. The third kappa shape index (κ3) is 3.12. The summed E-state index contributed by atoms with van der Waals surface area (Å²) >= 11 is 5.40. The summed E-state index contributed by atoms with van der Waals surface area (Å²) in [6.45, 7) is 7.49. The Kier molecular flexibility index (Phi) is 4.66. The Balaban J connectivity index is 2.47. The number of nitrogens with zero attached hydrogens (tertiary/aromatic N) is 1. The van der Waals surface area contributed by atoms with Gasteiger partial charge in [-0.25, -0.2) is 0 Å². The normalized spacial score (nSPS) is 17.4. The molecule has 1 aliphatic rings. The molecule has 0 aromatic heterocycles. The SMILES string of the molecule is CCN(C(=S)NC(C)C)C1CCCC1. The highest BCUT2D eigenvalue weighted by atomic mass is 32.1. The van der Waals surface area contributed by atoms with Gasteiger partial charge in [0.15, 0.2) is 5.11 Å². The van der Waals surface area contributed by atoms with Gasteiger partial charge in [-0.1, -0.05) is 12.8 Å². The molecule has 1 rings (SSSR count). The lowest BCUT2D eigenvalue weighted by atomic mass is 10.2. The Morgan fingerprint density at radius 3 is 2.43 bits per heavy atom. The first-order valence-electron chi connectivity index (χ1n) is 5.72. The van der Waals surface area contributed by atoms with Crippen LogP contribution >= 0.6 is 12.2 Å². The monoisotopic (exact) mass is 214 g/mol. The lowest BCUT2D eigenvalue weighted by molar-refractivity contribution is 0.322. The van der Waals surface area contributed by atoms with Crippen molar-refractivity contribution >= 4 is 17.3 Å². The highest BCUT2D eigenvalue weighted by Crippen LogP contribution is 2.23. The van der Waals surface area contributed by atoms with Gasteiger partial charge in [0.05, 0.1) is 0 Å². The minimum atomic E-state index is 0.443. The van der Waals surface area contributed by atoms with E-state index in [-0.39, 0.29) is 0 Å². The van der Waals surface area contributed by atoms with E-state index in [2.05, 4.69) is 31.0 Å². The van der Waals surface area contributed by atoms with Gasteiger partial charge in [0.25, 0.3) is 0 Å². The van der Waals surface area contributed by atoms with Crippen LogP contribution in [0.1, 0.15) is 46.5 Å². The van der Waals surface area contributed by atoms with Crippen LogP contribution in [0.15, 0.2) is 0 Å². The topological polar surface area (TPSA) is 15.3 Å². The first-order chi connectivity index (χ1) is 6.65. The van der Waals surface area contributed by atoms with Gasteiger partial charge in [-0.3, -0.25) is 0 Å². The lowest BCUT2D eigenvalue weighted by Crippen LogP contribution is -2.46. The summed E-state index contributed by atoms with van der Waals surface area (Å²) in [5, 5.41) is 4.27. The summed E-state index contributed by atoms with van der Waals surface area (Å²) in [5.74, 6) is 0. The predicted molar refractivity (Wildman–Crippen MR) is 65.5 cm³/mol. The van der Waals surface area contributed by atoms with Crippen LogP contribution in [-0.4, -0.2) is 28.6 Å². The van der Waals surface area contributed by atoms with E-state index in [1.807, 2.05) is 0 Å². The molecule has 0 atom stereocenters. The second kappa shape index (κ2) is 5.54. The van der Waals surface area contributed by atoms with E-state index >= 15 is 0 Å². The van der Waals surface area contributed by atoms with Crippen molar-refractivity contribution < 1.29 is 0 Å². The van der Waals surface area contributed by atoms with Crippen LogP contribution in [0.4, 0.5) is 0 Å². The van der Waals surface area contributed by atoms with Crippen LogP contribution in [0.5, 0.6) is 0 Å². The summed E-state index contributed by atoms with van der Waals surface area (Å²) in [7, 11) is 0. The molecule has 0 amide bonds. The molecule has 0 radical (unpaired) electrons. The van der Waals surface area contributed by atoms with E-state index < -0.39 is 0 Å². The molecule has 14 heavy (non-hydrogen) atoms. The first kappa shape index (κ1) is 11.8. The average molecular weight is 214 g/mol. The number of rotatable bonds is 3. The smallest absolute Gasteiger partial charge is 0.169 e. The fourth-order valence-electron chi connectivity index (χ4n) is 2.11. The molecule has 0 unspecified atom stereocenters. The summed E-state index contributed by atoms with van der Waals surface area (Å²) < 4.78 is 0. The maximum absolute atomic E-state index is 5.40. The molecule has 0 aromatic carbocycles. The zero-order valence-corrected chi connectivity index (χ0v) is 10.4. The second-order valence-corrected chi connectivity index (χ2v) is 4.72. The van der Waals surface area contributed by atoms with E-state index in [4.69, 9.17) is 12.2 Å². The zero-order valence-electron chi connectivity index (χ0n) is 9.55. The molecule has 1 fully saturated rings. The van der Waals surface area contributed by atoms with Gasteiger partial charge in [0.1, 0.15) is 0 Å². The van der Waals surface area contributed by atoms with E-state index in [9.17, 15) is 0 Å². The van der Waals surface area contributed by atoms with Gasteiger partial charge < -0.3 is 10.2 Å². The Morgan fingerprint density at radius 1 is 1.43 bits per heavy atom. The quantitative estimate of drug-likeness (QED) is 0.727. The van der Waals surface area contributed by atoms with Crippen molar-refractivity contribution in [2.75, 3.05) is 6.54 Å². The Bertz CT molecular complexity index is 186. The van der Waals surface area contributed by atoms with Gasteiger partial charge in [0.2, 0.25) is 0 Å². The van der Waals surface area contributed by atoms with E-state index in [1.54, 1.807) is 0 Å². The summed E-state index contributed by atoms with van der Waals surface area (Å²) in [6, 6.07) is 1.14. The molecule has 1 aliphatic carbocycles. The minimum absolute atomic E-state index is 0.443. The van der Waals surface area contributed by atoms with Gasteiger partial charge in [-0.05, 0) is 45.8 Å². The molecule has 2 nitrogen and oxygen atoms in total. The molecule has 0 saturated heterocycles. The predicted octanol–water partition coefficient (Wildman–Crippen LogP) is 2.53. The Labute approximate surface area is 93.1 Å². The standard InChI is InChI=1S/C11H22N2S/c1-4-13(10-7-5-6-8-10)11(14)12-9(2)3/h9-10H,4-8H2,1-3H3,(H,12,14). The Hall–Kier alpha value is -0.310. The maximum atomic E-state index is 5.40. The van der Waals surface area contributed by atoms with Crippen molar-refractivity contribution in [3.05, 3.63) is 0 Å². The first-order valence-corrected chi connectivity index (χ1v) is 6.13. The van der Waals surface area contributed by atoms with E-state index in [1.165, 1.54) is 25.7 Å². The molecule has 1 saturated carbocycles. The average Bonchev–Trinajstić information content (AvgIpc) is 2.57. The fourth-order valence-corrected chi connectivity index (χ4v) is 2.63. The lowest BCUT2D eigenvalue weighted by Gasteiger charge is -2.31. The highest BCUT2D eigenvalue weighted by Gasteiger charge is 2.23. The van der Waals surface area contributed by atoms with Crippen LogP contribution in [0.2, 0.25) is 0 Å². The molecule has 1 N–H and O–H groups in total. The fraction of sp³-hybridized carbons (Fsp3) is 0.909. The second-order valence-electron chi connectivity index (χ2n) is 4.33. The van der Waals surface area contributed by atoms with Gasteiger partial charge in [0, 0.05) is 18.6 Å². The molecular formula is C11H22N2S. The molecule has 0 aliphatic heterocycles. The molecule has 0 spiro atoms. The van der Waals surface area contributed by atoms with E-state index in [0.717, 1.165) is 11.7 Å². The van der Waals surface area contributed by atoms with Crippen LogP contribution in [0.3, 0.4) is 0 Å². The molecule has 82 valence electrons. The molecular weight excluding hydrogens is 192 g/mol. The number of nitrogens with one attached hydrogen (secondary N) is 1. The summed E-state index contributed by atoms with van der Waals surface area (Å²) in [4.78, 5) is 2.35. The maximum Gasteiger partial charge on any atom is 0.169 e. The van der Waals surface area contributed by atoms with Crippen molar-refractivity contribution in [1.29, 1.82) is 0 Å². The van der Waals surface area contributed by atoms with Crippen LogP contribution in [0, 0.1) is 0 Å². The van der Waals surface area contributed by atoms with Crippen molar-refractivity contribution in [3.63, 3.8) is 0 Å². The third-order valence-electron chi connectivity index (χ3n) is 2.78.